The summed E-state index contributed by atoms with van der Waals surface area (Å²) >= 11 is 0. The summed E-state index contributed by atoms with van der Waals surface area (Å²) in [4.78, 5) is 15.7. The molecule has 0 aliphatic heterocycles. The summed E-state index contributed by atoms with van der Waals surface area (Å²) in [5.74, 6) is 0.736. The van der Waals surface area contributed by atoms with Gasteiger partial charge < -0.3 is 16.0 Å². The van der Waals surface area contributed by atoms with E-state index in [4.69, 9.17) is 0 Å². The predicted molar refractivity (Wildman–Crippen MR) is 101 cm³/mol. The molecular formula is C16H23IN4O. The monoisotopic (exact) mass is 414 g/mol. The Balaban J connectivity index is 0.00000242. The van der Waals surface area contributed by atoms with Crippen LogP contribution in [0.25, 0.3) is 0 Å². The van der Waals surface area contributed by atoms with E-state index < -0.39 is 0 Å². The molecular weight excluding hydrogens is 391 g/mol. The first-order valence-electron chi connectivity index (χ1n) is 7.16. The number of aliphatic imine (C=N–C) groups is 1. The van der Waals surface area contributed by atoms with Crippen molar-refractivity contribution in [3.05, 3.63) is 47.5 Å². The van der Waals surface area contributed by atoms with E-state index in [0.29, 0.717) is 18.2 Å². The van der Waals surface area contributed by atoms with Crippen LogP contribution in [0.2, 0.25) is 0 Å². The molecule has 0 radical (unpaired) electrons. The van der Waals surface area contributed by atoms with Gasteiger partial charge in [-0.2, -0.15) is 0 Å². The molecule has 1 amide bonds. The van der Waals surface area contributed by atoms with Crippen molar-refractivity contribution in [3.63, 3.8) is 0 Å². The van der Waals surface area contributed by atoms with Crippen LogP contribution in [0.5, 0.6) is 0 Å². The van der Waals surface area contributed by atoms with Gasteiger partial charge in [0.15, 0.2) is 5.96 Å². The molecule has 1 aromatic rings. The summed E-state index contributed by atoms with van der Waals surface area (Å²) in [5.41, 5.74) is 1.77. The van der Waals surface area contributed by atoms with Gasteiger partial charge in [-0.1, -0.05) is 24.3 Å². The van der Waals surface area contributed by atoms with Crippen LogP contribution in [0.1, 0.15) is 28.8 Å². The first kappa shape index (κ1) is 18.5. The molecule has 0 saturated heterocycles. The highest BCUT2D eigenvalue weighted by Crippen LogP contribution is 2.09. The van der Waals surface area contributed by atoms with E-state index in [1.807, 2.05) is 24.3 Å². The van der Waals surface area contributed by atoms with Crippen LogP contribution in [-0.4, -0.2) is 32.0 Å². The molecule has 120 valence electrons. The molecule has 0 heterocycles. The lowest BCUT2D eigenvalue weighted by atomic mass is 10.1. The van der Waals surface area contributed by atoms with Crippen molar-refractivity contribution in [1.82, 2.24) is 16.0 Å². The Bertz CT molecular complexity index is 532. The van der Waals surface area contributed by atoms with Crippen molar-refractivity contribution >= 4 is 35.8 Å². The van der Waals surface area contributed by atoms with Gasteiger partial charge in [0.2, 0.25) is 0 Å². The normalized spacial score (nSPS) is 14.4. The number of benzene rings is 1. The Hall–Kier alpha value is -1.57. The van der Waals surface area contributed by atoms with Gasteiger partial charge >= 0.3 is 0 Å². The van der Waals surface area contributed by atoms with Gasteiger partial charge in [-0.05, 0) is 30.5 Å². The number of guanidine groups is 1. The highest BCUT2D eigenvalue weighted by atomic mass is 127. The van der Waals surface area contributed by atoms with E-state index in [9.17, 15) is 4.79 Å². The molecule has 1 aliphatic rings. The minimum atomic E-state index is -0.0688. The van der Waals surface area contributed by atoms with Crippen LogP contribution in [0, 0.1) is 0 Å². The second-order valence-electron chi connectivity index (χ2n) is 4.99. The zero-order chi connectivity index (χ0) is 15.1. The average Bonchev–Trinajstić information content (AvgIpc) is 3.04. The molecule has 0 spiro atoms. The number of nitrogens with zero attached hydrogens (tertiary/aromatic N) is 1. The van der Waals surface area contributed by atoms with Crippen molar-refractivity contribution in [3.8, 4) is 0 Å². The largest absolute Gasteiger partial charge is 0.355 e. The first-order valence-corrected chi connectivity index (χ1v) is 7.16. The SMILES string of the molecule is CN=C(NCc1ccc(C(=O)NC)cc1)NC1CC=CC1.I. The minimum absolute atomic E-state index is 0. The lowest BCUT2D eigenvalue weighted by molar-refractivity contribution is 0.0963. The van der Waals surface area contributed by atoms with Gasteiger partial charge in [-0.15, -0.1) is 24.0 Å². The lowest BCUT2D eigenvalue weighted by Gasteiger charge is -2.17. The molecule has 6 heteroatoms. The number of hydrogen-bond acceptors (Lipinski definition) is 2. The van der Waals surface area contributed by atoms with Crippen LogP contribution in [-0.2, 0) is 6.54 Å². The van der Waals surface area contributed by atoms with Crippen molar-refractivity contribution in [2.75, 3.05) is 14.1 Å². The van der Waals surface area contributed by atoms with Crippen molar-refractivity contribution < 1.29 is 4.79 Å². The quantitative estimate of drug-likeness (QED) is 0.306. The van der Waals surface area contributed by atoms with Gasteiger partial charge in [0.1, 0.15) is 0 Å². The summed E-state index contributed by atoms with van der Waals surface area (Å²) in [7, 11) is 3.40. The summed E-state index contributed by atoms with van der Waals surface area (Å²) in [6.07, 6.45) is 6.45. The first-order chi connectivity index (χ1) is 10.2. The highest BCUT2D eigenvalue weighted by molar-refractivity contribution is 14.0. The summed E-state index contributed by atoms with van der Waals surface area (Å²) in [6, 6.07) is 7.98. The number of carbonyl (C=O) groups is 1. The van der Waals surface area contributed by atoms with E-state index in [1.165, 1.54) is 0 Å². The molecule has 0 saturated carbocycles. The molecule has 3 N–H and O–H groups in total. The minimum Gasteiger partial charge on any atom is -0.355 e. The Kier molecular flexibility index (Phi) is 7.94. The van der Waals surface area contributed by atoms with Crippen LogP contribution in [0.4, 0.5) is 0 Å². The van der Waals surface area contributed by atoms with E-state index in [2.05, 4.69) is 33.1 Å². The van der Waals surface area contributed by atoms with Gasteiger partial charge in [0.05, 0.1) is 0 Å². The Labute approximate surface area is 148 Å². The third-order valence-corrected chi connectivity index (χ3v) is 3.48. The van der Waals surface area contributed by atoms with E-state index in [0.717, 1.165) is 24.4 Å². The van der Waals surface area contributed by atoms with Crippen LogP contribution < -0.4 is 16.0 Å². The summed E-state index contributed by atoms with van der Waals surface area (Å²) in [5, 5.41) is 9.28. The van der Waals surface area contributed by atoms with Crippen LogP contribution >= 0.6 is 24.0 Å². The molecule has 0 unspecified atom stereocenters. The molecule has 1 aliphatic carbocycles. The molecule has 5 nitrogen and oxygen atoms in total. The van der Waals surface area contributed by atoms with Crippen molar-refractivity contribution in [2.24, 2.45) is 4.99 Å². The number of hydrogen-bond donors (Lipinski definition) is 3. The fraction of sp³-hybridized carbons (Fsp3) is 0.375. The topological polar surface area (TPSA) is 65.5 Å². The molecule has 1 aromatic carbocycles. The zero-order valence-electron chi connectivity index (χ0n) is 12.9. The van der Waals surface area contributed by atoms with Crippen molar-refractivity contribution in [1.29, 1.82) is 0 Å². The second kappa shape index (κ2) is 9.45. The summed E-state index contributed by atoms with van der Waals surface area (Å²) in [6.45, 7) is 0.674. The smallest absolute Gasteiger partial charge is 0.251 e. The average molecular weight is 414 g/mol. The van der Waals surface area contributed by atoms with Gasteiger partial charge in [-0.3, -0.25) is 9.79 Å². The van der Waals surface area contributed by atoms with Crippen LogP contribution in [0.3, 0.4) is 0 Å². The number of nitrogens with one attached hydrogen (secondary N) is 3. The maximum absolute atomic E-state index is 11.5. The standard InChI is InChI=1S/C16H22N4O.HI/c1-17-15(21)13-9-7-12(8-10-13)11-19-16(18-2)20-14-5-3-4-6-14;/h3-4,7-10,14H,5-6,11H2,1-2H3,(H,17,21)(H2,18,19,20);1H. The maximum Gasteiger partial charge on any atom is 0.251 e. The number of rotatable bonds is 4. The number of amides is 1. The van der Waals surface area contributed by atoms with Crippen molar-refractivity contribution in [2.45, 2.75) is 25.4 Å². The molecule has 2 rings (SSSR count). The third kappa shape index (κ3) is 5.32. The molecule has 0 aromatic heterocycles. The number of halogens is 1. The maximum atomic E-state index is 11.5. The molecule has 0 atom stereocenters. The van der Waals surface area contributed by atoms with E-state index in [-0.39, 0.29) is 29.9 Å². The Morgan fingerprint density at radius 1 is 1.23 bits per heavy atom. The second-order valence-corrected chi connectivity index (χ2v) is 4.99. The van der Waals surface area contributed by atoms with E-state index >= 15 is 0 Å². The molecule has 0 bridgehead atoms. The van der Waals surface area contributed by atoms with Gasteiger partial charge in [0, 0.05) is 32.2 Å². The fourth-order valence-corrected chi connectivity index (χ4v) is 2.23. The highest BCUT2D eigenvalue weighted by Gasteiger charge is 2.11. The Morgan fingerprint density at radius 3 is 2.41 bits per heavy atom. The molecule has 22 heavy (non-hydrogen) atoms. The van der Waals surface area contributed by atoms with Gasteiger partial charge in [-0.25, -0.2) is 0 Å². The third-order valence-electron chi connectivity index (χ3n) is 3.48. The van der Waals surface area contributed by atoms with E-state index in [1.54, 1.807) is 14.1 Å². The summed E-state index contributed by atoms with van der Waals surface area (Å²) < 4.78 is 0. The van der Waals surface area contributed by atoms with Crippen LogP contribution in [0.15, 0.2) is 41.4 Å². The lowest BCUT2D eigenvalue weighted by Crippen LogP contribution is -2.42. The predicted octanol–water partition coefficient (Wildman–Crippen LogP) is 2.05. The number of carbonyl (C=O) groups excluding carboxylic acids is 1. The zero-order valence-corrected chi connectivity index (χ0v) is 15.3. The van der Waals surface area contributed by atoms with Gasteiger partial charge in [0.25, 0.3) is 5.91 Å². The Morgan fingerprint density at radius 2 is 1.86 bits per heavy atom. The fourth-order valence-electron chi connectivity index (χ4n) is 2.23. The molecule has 0 fully saturated rings.